The first kappa shape index (κ1) is 11.3. The number of phenolic OH excluding ortho intramolecular Hbond substituents is 1. The topological polar surface area (TPSA) is 86.2 Å². The monoisotopic (exact) mass is 254 g/mol. The number of phenols is 1. The summed E-state index contributed by atoms with van der Waals surface area (Å²) in [7, 11) is 0. The average molecular weight is 254 g/mol. The van der Waals surface area contributed by atoms with Crippen molar-refractivity contribution >= 4 is 16.9 Å². The number of carboxylic acids is 1. The minimum Gasteiger partial charge on any atom is -0.507 e. The van der Waals surface area contributed by atoms with Crippen molar-refractivity contribution in [1.29, 1.82) is 0 Å². The number of hydrogen-bond acceptors (Lipinski definition) is 3. The third-order valence-corrected chi connectivity index (χ3v) is 2.97. The summed E-state index contributed by atoms with van der Waals surface area (Å²) in [5, 5.41) is 26.5. The van der Waals surface area contributed by atoms with E-state index in [9.17, 15) is 9.90 Å². The van der Waals surface area contributed by atoms with E-state index in [0.29, 0.717) is 16.6 Å². The number of para-hydroxylation sites is 1. The highest BCUT2D eigenvalue weighted by molar-refractivity contribution is 5.99. The van der Waals surface area contributed by atoms with Crippen LogP contribution in [0.4, 0.5) is 0 Å². The summed E-state index contributed by atoms with van der Waals surface area (Å²) in [4.78, 5) is 11.0. The molecule has 19 heavy (non-hydrogen) atoms. The Balaban J connectivity index is 2.27. The van der Waals surface area contributed by atoms with Crippen LogP contribution < -0.4 is 0 Å². The molecule has 0 unspecified atom stereocenters. The summed E-state index contributed by atoms with van der Waals surface area (Å²) in [6.45, 7) is 0. The van der Waals surface area contributed by atoms with Gasteiger partial charge in [-0.05, 0) is 30.3 Å². The molecule has 0 saturated carbocycles. The zero-order valence-electron chi connectivity index (χ0n) is 9.79. The summed E-state index contributed by atoms with van der Waals surface area (Å²) in [5.41, 5.74) is 2.02. The highest BCUT2D eigenvalue weighted by atomic mass is 16.4. The molecular weight excluding hydrogens is 244 g/mol. The minimum atomic E-state index is -0.994. The third kappa shape index (κ3) is 1.81. The number of benzene rings is 2. The van der Waals surface area contributed by atoms with Crippen LogP contribution >= 0.6 is 0 Å². The average Bonchev–Trinajstić information content (AvgIpc) is 2.82. The lowest BCUT2D eigenvalue weighted by Gasteiger charge is -2.01. The van der Waals surface area contributed by atoms with Crippen LogP contribution in [0.15, 0.2) is 42.5 Å². The van der Waals surface area contributed by atoms with Gasteiger partial charge in [-0.15, -0.1) is 0 Å². The number of carboxylic acid groups (broad SMARTS) is 1. The number of aromatic amines is 1. The number of aromatic hydroxyl groups is 1. The summed E-state index contributed by atoms with van der Waals surface area (Å²) in [5.74, 6) is -0.886. The van der Waals surface area contributed by atoms with E-state index >= 15 is 0 Å². The molecule has 1 aromatic heterocycles. The van der Waals surface area contributed by atoms with Gasteiger partial charge < -0.3 is 10.2 Å². The molecule has 3 aromatic rings. The number of fused-ring (bicyclic) bond motifs is 1. The van der Waals surface area contributed by atoms with Gasteiger partial charge in [-0.25, -0.2) is 4.79 Å². The van der Waals surface area contributed by atoms with Crippen molar-refractivity contribution in [2.45, 2.75) is 0 Å². The molecule has 5 heteroatoms. The molecule has 0 amide bonds. The fraction of sp³-hybridized carbons (Fsp3) is 0. The molecule has 0 aliphatic carbocycles. The smallest absolute Gasteiger partial charge is 0.335 e. The number of H-pyrrole nitrogens is 1. The molecule has 0 aliphatic heterocycles. The van der Waals surface area contributed by atoms with Gasteiger partial charge >= 0.3 is 5.97 Å². The number of aromatic carboxylic acids is 1. The predicted molar refractivity (Wildman–Crippen MR) is 70.2 cm³/mol. The molecule has 0 bridgehead atoms. The van der Waals surface area contributed by atoms with E-state index in [2.05, 4.69) is 10.2 Å². The van der Waals surface area contributed by atoms with Crippen molar-refractivity contribution in [2.75, 3.05) is 0 Å². The predicted octanol–water partition coefficient (Wildman–Crippen LogP) is 2.63. The van der Waals surface area contributed by atoms with Crippen LogP contribution in [0, 0.1) is 0 Å². The molecule has 3 N–H and O–H groups in total. The Morgan fingerprint density at radius 1 is 1.16 bits per heavy atom. The van der Waals surface area contributed by atoms with E-state index < -0.39 is 5.97 Å². The summed E-state index contributed by atoms with van der Waals surface area (Å²) < 4.78 is 0. The molecule has 2 aromatic carbocycles. The molecule has 0 radical (unpaired) electrons. The van der Waals surface area contributed by atoms with Gasteiger partial charge in [0.15, 0.2) is 0 Å². The zero-order valence-corrected chi connectivity index (χ0v) is 9.79. The summed E-state index contributed by atoms with van der Waals surface area (Å²) >= 11 is 0. The van der Waals surface area contributed by atoms with E-state index in [1.54, 1.807) is 36.4 Å². The van der Waals surface area contributed by atoms with Crippen LogP contribution in [0.3, 0.4) is 0 Å². The fourth-order valence-corrected chi connectivity index (χ4v) is 2.03. The van der Waals surface area contributed by atoms with Crippen molar-refractivity contribution in [1.82, 2.24) is 10.2 Å². The van der Waals surface area contributed by atoms with Crippen molar-refractivity contribution < 1.29 is 15.0 Å². The van der Waals surface area contributed by atoms with E-state index in [-0.39, 0.29) is 11.3 Å². The summed E-state index contributed by atoms with van der Waals surface area (Å²) in [6, 6.07) is 11.5. The Labute approximate surface area is 108 Å². The number of carbonyl (C=O) groups is 1. The van der Waals surface area contributed by atoms with E-state index in [1.807, 2.05) is 0 Å². The molecule has 94 valence electrons. The highest BCUT2D eigenvalue weighted by Crippen LogP contribution is 2.32. The van der Waals surface area contributed by atoms with Gasteiger partial charge in [-0.2, -0.15) is 5.10 Å². The van der Waals surface area contributed by atoms with Crippen molar-refractivity contribution in [3.8, 4) is 17.0 Å². The van der Waals surface area contributed by atoms with Crippen molar-refractivity contribution in [3.63, 3.8) is 0 Å². The van der Waals surface area contributed by atoms with Crippen LogP contribution in [0.2, 0.25) is 0 Å². The maximum atomic E-state index is 11.0. The lowest BCUT2D eigenvalue weighted by atomic mass is 10.0. The maximum absolute atomic E-state index is 11.0. The van der Waals surface area contributed by atoms with Crippen LogP contribution in [0.25, 0.3) is 22.2 Å². The van der Waals surface area contributed by atoms with E-state index in [1.165, 1.54) is 6.07 Å². The van der Waals surface area contributed by atoms with Crippen molar-refractivity contribution in [3.05, 3.63) is 48.0 Å². The Bertz CT molecular complexity index is 777. The number of rotatable bonds is 2. The Morgan fingerprint density at radius 2 is 1.95 bits per heavy atom. The number of hydrogen-bond donors (Lipinski definition) is 3. The van der Waals surface area contributed by atoms with Crippen LogP contribution in [-0.4, -0.2) is 26.4 Å². The molecule has 5 nitrogen and oxygen atoms in total. The van der Waals surface area contributed by atoms with Crippen LogP contribution in [0.5, 0.6) is 5.75 Å². The van der Waals surface area contributed by atoms with Crippen LogP contribution in [0.1, 0.15) is 10.4 Å². The SMILES string of the molecule is O=C(O)c1ccc2[nH]nc(-c3ccccc3O)c2c1. The standard InChI is InChI=1S/C14H10N2O3/c17-12-4-2-1-3-9(12)13-10-7-8(14(18)19)5-6-11(10)15-16-13/h1-7,17H,(H,15,16)(H,18,19). The second-order valence-corrected chi connectivity index (χ2v) is 4.15. The first-order chi connectivity index (χ1) is 9.16. The Kier molecular flexibility index (Phi) is 2.45. The van der Waals surface area contributed by atoms with Crippen molar-refractivity contribution in [2.24, 2.45) is 0 Å². The molecule has 0 aliphatic rings. The third-order valence-electron chi connectivity index (χ3n) is 2.97. The second kappa shape index (κ2) is 4.13. The minimum absolute atomic E-state index is 0.108. The normalized spacial score (nSPS) is 10.7. The first-order valence-corrected chi connectivity index (χ1v) is 5.66. The lowest BCUT2D eigenvalue weighted by Crippen LogP contribution is -1.94. The van der Waals surface area contributed by atoms with E-state index in [0.717, 1.165) is 5.52 Å². The van der Waals surface area contributed by atoms with Gasteiger partial charge in [0.2, 0.25) is 0 Å². The Hall–Kier alpha value is -2.82. The fourth-order valence-electron chi connectivity index (χ4n) is 2.03. The van der Waals surface area contributed by atoms with Gasteiger partial charge in [0, 0.05) is 10.9 Å². The number of aromatic nitrogens is 2. The largest absolute Gasteiger partial charge is 0.507 e. The molecule has 0 spiro atoms. The molecule has 3 rings (SSSR count). The van der Waals surface area contributed by atoms with Gasteiger partial charge in [0.05, 0.1) is 11.1 Å². The van der Waals surface area contributed by atoms with E-state index in [4.69, 9.17) is 5.11 Å². The molecule has 0 atom stereocenters. The molecular formula is C14H10N2O3. The highest BCUT2D eigenvalue weighted by Gasteiger charge is 2.13. The first-order valence-electron chi connectivity index (χ1n) is 5.66. The zero-order chi connectivity index (χ0) is 13.4. The second-order valence-electron chi connectivity index (χ2n) is 4.15. The maximum Gasteiger partial charge on any atom is 0.335 e. The quantitative estimate of drug-likeness (QED) is 0.656. The van der Waals surface area contributed by atoms with Gasteiger partial charge in [-0.1, -0.05) is 12.1 Å². The summed E-state index contributed by atoms with van der Waals surface area (Å²) in [6.07, 6.45) is 0. The van der Waals surface area contributed by atoms with Crippen LogP contribution in [-0.2, 0) is 0 Å². The van der Waals surface area contributed by atoms with Gasteiger partial charge in [0.25, 0.3) is 0 Å². The molecule has 1 heterocycles. The van der Waals surface area contributed by atoms with Gasteiger partial charge in [-0.3, -0.25) is 5.10 Å². The lowest BCUT2D eigenvalue weighted by molar-refractivity contribution is 0.0697. The molecule has 0 fully saturated rings. The Morgan fingerprint density at radius 3 is 2.68 bits per heavy atom. The van der Waals surface area contributed by atoms with Gasteiger partial charge in [0.1, 0.15) is 11.4 Å². The number of nitrogens with zero attached hydrogens (tertiary/aromatic N) is 1. The number of nitrogens with one attached hydrogen (secondary N) is 1. The molecule has 0 saturated heterocycles.